The molecule has 1 aromatic rings. The van der Waals surface area contributed by atoms with Gasteiger partial charge in [-0.2, -0.15) is 5.26 Å². The van der Waals surface area contributed by atoms with Gasteiger partial charge in [0.2, 0.25) is 0 Å². The van der Waals surface area contributed by atoms with Gasteiger partial charge in [-0.1, -0.05) is 18.0 Å². The Hall–Kier alpha value is -1.27. The Balaban J connectivity index is 2.00. The third kappa shape index (κ3) is 2.12. The van der Waals surface area contributed by atoms with Crippen LogP contribution in [0.4, 0.5) is 10.1 Å². The summed E-state index contributed by atoms with van der Waals surface area (Å²) in [5.74, 6) is -0.425. The van der Waals surface area contributed by atoms with E-state index in [9.17, 15) is 4.39 Å². The molecular formula is C12H12ClFN2. The van der Waals surface area contributed by atoms with Crippen LogP contribution >= 0.6 is 11.6 Å². The molecule has 1 saturated carbocycles. The average molecular weight is 239 g/mol. The van der Waals surface area contributed by atoms with Crippen molar-refractivity contribution in [1.29, 1.82) is 5.26 Å². The first kappa shape index (κ1) is 11.2. The second kappa shape index (κ2) is 4.31. The van der Waals surface area contributed by atoms with E-state index in [4.69, 9.17) is 16.9 Å². The van der Waals surface area contributed by atoms with Crippen molar-refractivity contribution in [2.75, 3.05) is 11.9 Å². The number of nitriles is 1. The van der Waals surface area contributed by atoms with Crippen molar-refractivity contribution in [3.05, 3.63) is 29.0 Å². The summed E-state index contributed by atoms with van der Waals surface area (Å²) in [7, 11) is 0. The fourth-order valence-electron chi connectivity index (χ4n) is 1.81. The van der Waals surface area contributed by atoms with Crippen molar-refractivity contribution in [2.24, 2.45) is 5.41 Å². The van der Waals surface area contributed by atoms with Crippen LogP contribution in [-0.2, 0) is 0 Å². The highest BCUT2D eigenvalue weighted by atomic mass is 35.5. The normalized spacial score (nSPS) is 17.3. The summed E-state index contributed by atoms with van der Waals surface area (Å²) in [5.41, 5.74) is 0.522. The molecule has 1 aliphatic rings. The molecule has 0 atom stereocenters. The lowest BCUT2D eigenvalue weighted by Crippen LogP contribution is -2.35. The zero-order chi connectivity index (χ0) is 11.6. The summed E-state index contributed by atoms with van der Waals surface area (Å²) in [6.07, 6.45) is 2.98. The second-order valence-corrected chi connectivity index (χ2v) is 4.64. The molecule has 2 rings (SSSR count). The summed E-state index contributed by atoms with van der Waals surface area (Å²) in [4.78, 5) is 0. The van der Waals surface area contributed by atoms with E-state index in [0.717, 1.165) is 24.9 Å². The molecule has 0 aromatic heterocycles. The highest BCUT2D eigenvalue weighted by Gasteiger charge is 2.36. The number of hydrogen-bond donors (Lipinski definition) is 1. The van der Waals surface area contributed by atoms with Crippen LogP contribution in [0.1, 0.15) is 19.3 Å². The monoisotopic (exact) mass is 238 g/mol. The minimum Gasteiger partial charge on any atom is -0.383 e. The lowest BCUT2D eigenvalue weighted by molar-refractivity contribution is 0.233. The second-order valence-electron chi connectivity index (χ2n) is 4.23. The topological polar surface area (TPSA) is 35.8 Å². The maximum atomic E-state index is 12.9. The van der Waals surface area contributed by atoms with Crippen LogP contribution in [0.15, 0.2) is 18.2 Å². The molecule has 1 aliphatic carbocycles. The number of anilines is 1. The standard InChI is InChI=1S/C12H12ClFN2/c13-10-6-9(2-3-11(10)14)16-8-12(7-15)4-1-5-12/h2-3,6,16H,1,4-5,8H2. The fourth-order valence-corrected chi connectivity index (χ4v) is 1.99. The minimum absolute atomic E-state index is 0.101. The van der Waals surface area contributed by atoms with E-state index in [1.54, 1.807) is 12.1 Å². The lowest BCUT2D eigenvalue weighted by atomic mass is 9.70. The number of hydrogen-bond acceptors (Lipinski definition) is 2. The SMILES string of the molecule is N#CC1(CNc2ccc(F)c(Cl)c2)CCC1. The van der Waals surface area contributed by atoms with E-state index in [-0.39, 0.29) is 10.4 Å². The van der Waals surface area contributed by atoms with Gasteiger partial charge in [0.05, 0.1) is 16.5 Å². The van der Waals surface area contributed by atoms with Gasteiger partial charge in [0.25, 0.3) is 0 Å². The Morgan fingerprint density at radius 1 is 1.50 bits per heavy atom. The van der Waals surface area contributed by atoms with Gasteiger partial charge in [0, 0.05) is 12.2 Å². The van der Waals surface area contributed by atoms with Crippen molar-refractivity contribution in [3.63, 3.8) is 0 Å². The zero-order valence-corrected chi connectivity index (χ0v) is 9.52. The maximum Gasteiger partial charge on any atom is 0.141 e. The smallest absolute Gasteiger partial charge is 0.141 e. The molecule has 0 radical (unpaired) electrons. The largest absolute Gasteiger partial charge is 0.383 e. The predicted octanol–water partition coefficient (Wildman–Crippen LogP) is 3.58. The number of halogens is 2. The molecule has 0 aliphatic heterocycles. The Bertz CT molecular complexity index is 435. The molecule has 1 N–H and O–H groups in total. The Kier molecular flexibility index (Phi) is 3.02. The van der Waals surface area contributed by atoms with E-state index in [2.05, 4.69) is 11.4 Å². The lowest BCUT2D eigenvalue weighted by Gasteiger charge is -2.35. The van der Waals surface area contributed by atoms with Gasteiger partial charge >= 0.3 is 0 Å². The highest BCUT2D eigenvalue weighted by molar-refractivity contribution is 6.31. The first-order valence-electron chi connectivity index (χ1n) is 5.25. The first-order valence-corrected chi connectivity index (χ1v) is 5.63. The van der Waals surface area contributed by atoms with Gasteiger partial charge in [-0.05, 0) is 31.0 Å². The van der Waals surface area contributed by atoms with E-state index in [1.165, 1.54) is 6.07 Å². The molecule has 0 spiro atoms. The summed E-state index contributed by atoms with van der Waals surface area (Å²) in [5, 5.41) is 12.3. The zero-order valence-electron chi connectivity index (χ0n) is 8.76. The summed E-state index contributed by atoms with van der Waals surface area (Å²) < 4.78 is 12.9. The molecule has 0 heterocycles. The van der Waals surface area contributed by atoms with Crippen molar-refractivity contribution in [3.8, 4) is 6.07 Å². The van der Waals surface area contributed by atoms with E-state index in [0.29, 0.717) is 6.54 Å². The quantitative estimate of drug-likeness (QED) is 0.874. The maximum absolute atomic E-state index is 12.9. The average Bonchev–Trinajstić information content (AvgIpc) is 2.22. The molecule has 2 nitrogen and oxygen atoms in total. The number of nitrogens with one attached hydrogen (secondary N) is 1. The van der Waals surface area contributed by atoms with Crippen molar-refractivity contribution < 1.29 is 4.39 Å². The van der Waals surface area contributed by atoms with Crippen LogP contribution in [0, 0.1) is 22.6 Å². The molecule has 0 unspecified atom stereocenters. The molecular weight excluding hydrogens is 227 g/mol. The highest BCUT2D eigenvalue weighted by Crippen LogP contribution is 2.40. The molecule has 0 saturated heterocycles. The third-order valence-electron chi connectivity index (χ3n) is 3.10. The van der Waals surface area contributed by atoms with Crippen LogP contribution in [-0.4, -0.2) is 6.54 Å². The predicted molar refractivity (Wildman–Crippen MR) is 61.8 cm³/mol. The van der Waals surface area contributed by atoms with Crippen molar-refractivity contribution in [2.45, 2.75) is 19.3 Å². The van der Waals surface area contributed by atoms with Gasteiger partial charge in [-0.3, -0.25) is 0 Å². The minimum atomic E-state index is -0.425. The van der Waals surface area contributed by atoms with Gasteiger partial charge in [-0.25, -0.2) is 4.39 Å². The molecule has 4 heteroatoms. The summed E-state index contributed by atoms with van der Waals surface area (Å²) in [6, 6.07) is 6.84. The van der Waals surface area contributed by atoms with Crippen molar-refractivity contribution >= 4 is 17.3 Å². The Morgan fingerprint density at radius 2 is 2.25 bits per heavy atom. The van der Waals surface area contributed by atoms with Crippen LogP contribution < -0.4 is 5.32 Å². The molecule has 84 valence electrons. The summed E-state index contributed by atoms with van der Waals surface area (Å²) >= 11 is 5.67. The molecule has 0 amide bonds. The van der Waals surface area contributed by atoms with Crippen LogP contribution in [0.25, 0.3) is 0 Å². The number of benzene rings is 1. The van der Waals surface area contributed by atoms with Gasteiger partial charge < -0.3 is 5.32 Å². The Morgan fingerprint density at radius 3 is 2.75 bits per heavy atom. The molecule has 0 bridgehead atoms. The van der Waals surface area contributed by atoms with Crippen LogP contribution in [0.2, 0.25) is 5.02 Å². The third-order valence-corrected chi connectivity index (χ3v) is 3.39. The fraction of sp³-hybridized carbons (Fsp3) is 0.417. The first-order chi connectivity index (χ1) is 7.65. The summed E-state index contributed by atoms with van der Waals surface area (Å²) in [6.45, 7) is 0.603. The van der Waals surface area contributed by atoms with Crippen LogP contribution in [0.3, 0.4) is 0 Å². The number of rotatable bonds is 3. The van der Waals surface area contributed by atoms with Crippen molar-refractivity contribution in [1.82, 2.24) is 0 Å². The Labute approximate surface area is 99.0 Å². The van der Waals surface area contributed by atoms with Gasteiger partial charge in [-0.15, -0.1) is 0 Å². The number of nitrogens with zero attached hydrogens (tertiary/aromatic N) is 1. The van der Waals surface area contributed by atoms with Crippen LogP contribution in [0.5, 0.6) is 0 Å². The van der Waals surface area contributed by atoms with E-state index >= 15 is 0 Å². The van der Waals surface area contributed by atoms with E-state index < -0.39 is 5.82 Å². The molecule has 1 aromatic carbocycles. The van der Waals surface area contributed by atoms with Gasteiger partial charge in [0.1, 0.15) is 5.82 Å². The van der Waals surface area contributed by atoms with Gasteiger partial charge in [0.15, 0.2) is 0 Å². The molecule has 1 fully saturated rings. The van der Waals surface area contributed by atoms with E-state index in [1.807, 2.05) is 0 Å². The molecule has 16 heavy (non-hydrogen) atoms.